The molecule has 0 radical (unpaired) electrons. The number of carboxylic acids is 1. The fourth-order valence-electron chi connectivity index (χ4n) is 2.41. The van der Waals surface area contributed by atoms with E-state index in [9.17, 15) is 9.90 Å². The molecular formula is C19H20O5. The van der Waals surface area contributed by atoms with E-state index in [2.05, 4.69) is 0 Å². The van der Waals surface area contributed by atoms with Crippen LogP contribution in [-0.2, 0) is 4.79 Å². The van der Waals surface area contributed by atoms with E-state index in [0.717, 1.165) is 5.56 Å². The average Bonchev–Trinajstić information content (AvgIpc) is 2.59. The third-order valence-electron chi connectivity index (χ3n) is 3.69. The molecule has 2 aromatic rings. The molecule has 0 saturated heterocycles. The highest BCUT2D eigenvalue weighted by Crippen LogP contribution is 2.30. The van der Waals surface area contributed by atoms with Crippen molar-refractivity contribution >= 4 is 17.6 Å². The van der Waals surface area contributed by atoms with Gasteiger partial charge in [-0.25, -0.2) is 4.79 Å². The molecule has 0 heterocycles. The van der Waals surface area contributed by atoms with Crippen LogP contribution in [0.25, 0.3) is 11.6 Å². The third kappa shape index (κ3) is 3.68. The van der Waals surface area contributed by atoms with Gasteiger partial charge >= 0.3 is 5.97 Å². The van der Waals surface area contributed by atoms with E-state index in [-0.39, 0.29) is 5.57 Å². The summed E-state index contributed by atoms with van der Waals surface area (Å²) in [5, 5.41) is 9.64. The van der Waals surface area contributed by atoms with E-state index in [1.807, 2.05) is 6.92 Å². The summed E-state index contributed by atoms with van der Waals surface area (Å²) in [6, 6.07) is 10.5. The van der Waals surface area contributed by atoms with Gasteiger partial charge in [0.2, 0.25) is 0 Å². The number of methoxy groups -OCH3 is 3. The maximum absolute atomic E-state index is 11.8. The maximum atomic E-state index is 11.8. The minimum Gasteiger partial charge on any atom is -0.497 e. The molecule has 0 aliphatic carbocycles. The fraction of sp³-hybridized carbons (Fsp3) is 0.211. The van der Waals surface area contributed by atoms with Crippen molar-refractivity contribution in [3.05, 3.63) is 53.1 Å². The number of hydrogen-bond donors (Lipinski definition) is 1. The number of hydrogen-bond acceptors (Lipinski definition) is 4. The van der Waals surface area contributed by atoms with Crippen molar-refractivity contribution in [2.45, 2.75) is 6.92 Å². The van der Waals surface area contributed by atoms with Crippen molar-refractivity contribution in [1.82, 2.24) is 0 Å². The van der Waals surface area contributed by atoms with Crippen LogP contribution >= 0.6 is 0 Å². The SMILES string of the molecule is COc1ccc(/C(=C/c2ccc(OC)cc2OC)C(=O)O)c(C)c1. The summed E-state index contributed by atoms with van der Waals surface area (Å²) in [5.41, 5.74) is 2.28. The molecule has 0 atom stereocenters. The number of rotatable bonds is 6. The van der Waals surface area contributed by atoms with Gasteiger partial charge in [0.05, 0.1) is 26.9 Å². The highest BCUT2D eigenvalue weighted by molar-refractivity contribution is 6.21. The van der Waals surface area contributed by atoms with Gasteiger partial charge in [0, 0.05) is 11.6 Å². The molecule has 0 saturated carbocycles. The molecule has 0 aliphatic rings. The Balaban J connectivity index is 2.56. The maximum Gasteiger partial charge on any atom is 0.336 e. The van der Waals surface area contributed by atoms with E-state index >= 15 is 0 Å². The zero-order chi connectivity index (χ0) is 17.7. The summed E-state index contributed by atoms with van der Waals surface area (Å²) in [5.74, 6) is 0.852. The van der Waals surface area contributed by atoms with E-state index < -0.39 is 5.97 Å². The van der Waals surface area contributed by atoms with Crippen LogP contribution in [0, 0.1) is 6.92 Å². The van der Waals surface area contributed by atoms with Crippen LogP contribution in [0.3, 0.4) is 0 Å². The number of carbonyl (C=O) groups is 1. The molecule has 2 rings (SSSR count). The molecule has 0 fully saturated rings. The van der Waals surface area contributed by atoms with Gasteiger partial charge in [-0.1, -0.05) is 6.07 Å². The van der Waals surface area contributed by atoms with Crippen LogP contribution in [0.15, 0.2) is 36.4 Å². The zero-order valence-corrected chi connectivity index (χ0v) is 14.1. The van der Waals surface area contributed by atoms with Crippen LogP contribution in [-0.4, -0.2) is 32.4 Å². The first kappa shape index (κ1) is 17.4. The number of ether oxygens (including phenoxy) is 3. The number of aliphatic carboxylic acids is 1. The van der Waals surface area contributed by atoms with Gasteiger partial charge < -0.3 is 19.3 Å². The number of aryl methyl sites for hydroxylation is 1. The quantitative estimate of drug-likeness (QED) is 0.648. The number of benzene rings is 2. The van der Waals surface area contributed by atoms with Crippen LogP contribution in [0.4, 0.5) is 0 Å². The predicted molar refractivity (Wildman–Crippen MR) is 92.8 cm³/mol. The van der Waals surface area contributed by atoms with Crippen LogP contribution in [0.2, 0.25) is 0 Å². The monoisotopic (exact) mass is 328 g/mol. The molecule has 24 heavy (non-hydrogen) atoms. The van der Waals surface area contributed by atoms with Gasteiger partial charge in [-0.2, -0.15) is 0 Å². The predicted octanol–water partition coefficient (Wildman–Crippen LogP) is 3.65. The Bertz CT molecular complexity index is 777. The molecular weight excluding hydrogens is 308 g/mol. The molecule has 5 nitrogen and oxygen atoms in total. The second kappa shape index (κ2) is 7.55. The summed E-state index contributed by atoms with van der Waals surface area (Å²) >= 11 is 0. The second-order valence-corrected chi connectivity index (χ2v) is 5.15. The smallest absolute Gasteiger partial charge is 0.336 e. The Labute approximate surface area is 141 Å². The van der Waals surface area contributed by atoms with Crippen molar-refractivity contribution < 1.29 is 24.1 Å². The van der Waals surface area contributed by atoms with E-state index in [1.54, 1.807) is 56.7 Å². The largest absolute Gasteiger partial charge is 0.497 e. The Morgan fingerprint density at radius 2 is 1.58 bits per heavy atom. The first-order valence-electron chi connectivity index (χ1n) is 7.32. The van der Waals surface area contributed by atoms with E-state index in [4.69, 9.17) is 14.2 Å². The Kier molecular flexibility index (Phi) is 5.47. The minimum absolute atomic E-state index is 0.179. The Morgan fingerprint density at radius 1 is 0.958 bits per heavy atom. The Morgan fingerprint density at radius 3 is 2.12 bits per heavy atom. The van der Waals surface area contributed by atoms with Crippen molar-refractivity contribution in [3.8, 4) is 17.2 Å². The van der Waals surface area contributed by atoms with Crippen LogP contribution in [0.5, 0.6) is 17.2 Å². The molecule has 5 heteroatoms. The van der Waals surface area contributed by atoms with Gasteiger partial charge in [-0.05, 0) is 48.4 Å². The second-order valence-electron chi connectivity index (χ2n) is 5.15. The topological polar surface area (TPSA) is 65.0 Å². The lowest BCUT2D eigenvalue weighted by molar-refractivity contribution is -0.130. The lowest BCUT2D eigenvalue weighted by Crippen LogP contribution is -2.02. The zero-order valence-electron chi connectivity index (χ0n) is 14.1. The first-order chi connectivity index (χ1) is 11.5. The molecule has 0 amide bonds. The average molecular weight is 328 g/mol. The van der Waals surface area contributed by atoms with Crippen molar-refractivity contribution in [1.29, 1.82) is 0 Å². The van der Waals surface area contributed by atoms with Crippen LogP contribution < -0.4 is 14.2 Å². The molecule has 0 aliphatic heterocycles. The van der Waals surface area contributed by atoms with Crippen molar-refractivity contribution in [2.75, 3.05) is 21.3 Å². The number of carboxylic acid groups (broad SMARTS) is 1. The standard InChI is InChI=1S/C19H20O5/c1-12-9-14(22-2)7-8-16(12)17(19(20)21)10-13-5-6-15(23-3)11-18(13)24-4/h5-11H,1-4H3,(H,20,21)/b17-10-. The van der Waals surface area contributed by atoms with Crippen LogP contribution in [0.1, 0.15) is 16.7 Å². The minimum atomic E-state index is -1.01. The van der Waals surface area contributed by atoms with E-state index in [1.165, 1.54) is 7.11 Å². The van der Waals surface area contributed by atoms with Crippen molar-refractivity contribution in [2.24, 2.45) is 0 Å². The molecule has 126 valence electrons. The third-order valence-corrected chi connectivity index (χ3v) is 3.69. The van der Waals surface area contributed by atoms with Crippen molar-refractivity contribution in [3.63, 3.8) is 0 Å². The van der Waals surface area contributed by atoms with Gasteiger partial charge in [0.15, 0.2) is 0 Å². The summed E-state index contributed by atoms with van der Waals surface area (Å²) in [7, 11) is 4.67. The molecule has 0 bridgehead atoms. The summed E-state index contributed by atoms with van der Waals surface area (Å²) in [4.78, 5) is 11.8. The normalized spacial score (nSPS) is 11.1. The molecule has 2 aromatic carbocycles. The molecule has 0 spiro atoms. The fourth-order valence-corrected chi connectivity index (χ4v) is 2.41. The van der Waals surface area contributed by atoms with Gasteiger partial charge in [0.25, 0.3) is 0 Å². The summed E-state index contributed by atoms with van der Waals surface area (Å²) < 4.78 is 15.7. The molecule has 0 aromatic heterocycles. The van der Waals surface area contributed by atoms with Gasteiger partial charge in [0.1, 0.15) is 17.2 Å². The van der Waals surface area contributed by atoms with E-state index in [0.29, 0.717) is 28.4 Å². The Hall–Kier alpha value is -2.95. The lowest BCUT2D eigenvalue weighted by Gasteiger charge is -2.11. The highest BCUT2D eigenvalue weighted by atomic mass is 16.5. The molecule has 0 unspecified atom stereocenters. The highest BCUT2D eigenvalue weighted by Gasteiger charge is 2.15. The summed E-state index contributed by atoms with van der Waals surface area (Å²) in [6.07, 6.45) is 1.59. The molecule has 1 N–H and O–H groups in total. The van der Waals surface area contributed by atoms with Gasteiger partial charge in [-0.3, -0.25) is 0 Å². The summed E-state index contributed by atoms with van der Waals surface area (Å²) in [6.45, 7) is 1.85. The lowest BCUT2D eigenvalue weighted by atomic mass is 9.98. The van der Waals surface area contributed by atoms with Gasteiger partial charge in [-0.15, -0.1) is 0 Å². The first-order valence-corrected chi connectivity index (χ1v) is 7.32.